The number of rotatable bonds is 3. The molecule has 0 fully saturated rings. The molecule has 2 rings (SSSR count). The first-order valence-electron chi connectivity index (χ1n) is 5.48. The highest BCUT2D eigenvalue weighted by molar-refractivity contribution is 9.10. The monoisotopic (exact) mass is 355 g/mol. The number of carboxylic acids is 1. The predicted molar refractivity (Wildman–Crippen MR) is 80.6 cm³/mol. The molecule has 0 unspecified atom stereocenters. The molecule has 1 aromatic heterocycles. The molecular weight excluding hydrogens is 346 g/mol. The number of hydrogen-bond donors (Lipinski definition) is 3. The van der Waals surface area contributed by atoms with Gasteiger partial charge in [0.15, 0.2) is 5.13 Å². The number of benzene rings is 1. The summed E-state index contributed by atoms with van der Waals surface area (Å²) < 4.78 is 0.489. The number of thiazole rings is 1. The lowest BCUT2D eigenvalue weighted by molar-refractivity contribution is 0.0697. The molecule has 1 heterocycles. The molecule has 0 aliphatic heterocycles. The number of anilines is 2. The minimum absolute atomic E-state index is 0.137. The number of carbonyl (C=O) groups is 2. The van der Waals surface area contributed by atoms with Crippen LogP contribution in [0.4, 0.5) is 15.6 Å². The van der Waals surface area contributed by atoms with Gasteiger partial charge in [-0.05, 0) is 41.1 Å². The van der Waals surface area contributed by atoms with E-state index >= 15 is 0 Å². The van der Waals surface area contributed by atoms with Gasteiger partial charge in [0.1, 0.15) is 0 Å². The standard InChI is InChI=1S/C12H10BrN3O3S/c1-6-5-20-12(14-6)16-11(19)15-9-3-2-7(10(17)18)4-8(9)13/h2-5H,1H3,(H,17,18)(H2,14,15,16,19). The zero-order valence-electron chi connectivity index (χ0n) is 10.3. The average Bonchev–Trinajstić information content (AvgIpc) is 2.77. The molecule has 3 N–H and O–H groups in total. The van der Waals surface area contributed by atoms with Gasteiger partial charge in [0.2, 0.25) is 0 Å². The molecular formula is C12H10BrN3O3S. The van der Waals surface area contributed by atoms with E-state index in [9.17, 15) is 9.59 Å². The van der Waals surface area contributed by atoms with Crippen molar-refractivity contribution in [3.63, 3.8) is 0 Å². The third-order valence-corrected chi connectivity index (χ3v) is 3.84. The first kappa shape index (κ1) is 14.5. The summed E-state index contributed by atoms with van der Waals surface area (Å²) in [5.74, 6) is -1.03. The molecule has 2 aromatic rings. The number of aryl methyl sites for hydroxylation is 1. The molecule has 0 bridgehead atoms. The molecule has 0 radical (unpaired) electrons. The molecule has 0 aliphatic rings. The molecule has 2 amide bonds. The van der Waals surface area contributed by atoms with E-state index in [1.165, 1.54) is 29.5 Å². The molecule has 104 valence electrons. The number of aromatic carboxylic acids is 1. The quantitative estimate of drug-likeness (QED) is 0.784. The largest absolute Gasteiger partial charge is 0.478 e. The molecule has 20 heavy (non-hydrogen) atoms. The van der Waals surface area contributed by atoms with Gasteiger partial charge in [0.05, 0.1) is 16.9 Å². The number of urea groups is 1. The normalized spacial score (nSPS) is 10.1. The van der Waals surface area contributed by atoms with E-state index in [0.29, 0.717) is 15.3 Å². The van der Waals surface area contributed by atoms with Crippen molar-refractivity contribution in [3.8, 4) is 0 Å². The highest BCUT2D eigenvalue weighted by Crippen LogP contribution is 2.24. The second-order valence-electron chi connectivity index (χ2n) is 3.87. The fourth-order valence-electron chi connectivity index (χ4n) is 1.41. The van der Waals surface area contributed by atoms with Crippen LogP contribution >= 0.6 is 27.3 Å². The van der Waals surface area contributed by atoms with E-state index in [1.54, 1.807) is 0 Å². The van der Waals surface area contributed by atoms with Crippen molar-refractivity contribution in [2.75, 3.05) is 10.6 Å². The summed E-state index contributed by atoms with van der Waals surface area (Å²) in [7, 11) is 0. The van der Waals surface area contributed by atoms with Crippen molar-refractivity contribution in [1.29, 1.82) is 0 Å². The maximum atomic E-state index is 11.8. The lowest BCUT2D eigenvalue weighted by Gasteiger charge is -2.08. The zero-order valence-corrected chi connectivity index (χ0v) is 12.7. The molecule has 6 nitrogen and oxygen atoms in total. The van der Waals surface area contributed by atoms with Crippen molar-refractivity contribution in [2.45, 2.75) is 6.92 Å². The van der Waals surface area contributed by atoms with Crippen molar-refractivity contribution >= 4 is 50.1 Å². The van der Waals surface area contributed by atoms with E-state index in [-0.39, 0.29) is 5.56 Å². The maximum absolute atomic E-state index is 11.8. The Bertz CT molecular complexity index is 672. The van der Waals surface area contributed by atoms with Gasteiger partial charge in [0.25, 0.3) is 0 Å². The summed E-state index contributed by atoms with van der Waals surface area (Å²) in [5, 5.41) is 16.4. The molecule has 1 aromatic carbocycles. The summed E-state index contributed by atoms with van der Waals surface area (Å²) in [5.41, 5.74) is 1.44. The molecule has 0 atom stereocenters. The van der Waals surface area contributed by atoms with Crippen LogP contribution in [0.1, 0.15) is 16.1 Å². The zero-order chi connectivity index (χ0) is 14.7. The van der Waals surface area contributed by atoms with Gasteiger partial charge in [0, 0.05) is 9.85 Å². The highest BCUT2D eigenvalue weighted by atomic mass is 79.9. The number of carboxylic acid groups (broad SMARTS) is 1. The Morgan fingerprint density at radius 2 is 2.10 bits per heavy atom. The van der Waals surface area contributed by atoms with Crippen molar-refractivity contribution in [2.24, 2.45) is 0 Å². The van der Waals surface area contributed by atoms with Crippen molar-refractivity contribution < 1.29 is 14.7 Å². The van der Waals surface area contributed by atoms with Gasteiger partial charge < -0.3 is 10.4 Å². The summed E-state index contributed by atoms with van der Waals surface area (Å²) in [6.07, 6.45) is 0. The average molecular weight is 356 g/mol. The SMILES string of the molecule is Cc1csc(NC(=O)Nc2ccc(C(=O)O)cc2Br)n1. The lowest BCUT2D eigenvalue weighted by atomic mass is 10.2. The van der Waals surface area contributed by atoms with E-state index in [0.717, 1.165) is 5.69 Å². The van der Waals surface area contributed by atoms with Gasteiger partial charge in [-0.2, -0.15) is 0 Å². The molecule has 0 saturated carbocycles. The highest BCUT2D eigenvalue weighted by Gasteiger charge is 2.10. The lowest BCUT2D eigenvalue weighted by Crippen LogP contribution is -2.19. The Hall–Kier alpha value is -1.93. The minimum Gasteiger partial charge on any atom is -0.478 e. The molecule has 8 heteroatoms. The van der Waals surface area contributed by atoms with Crippen LogP contribution in [0, 0.1) is 6.92 Å². The van der Waals surface area contributed by atoms with E-state index < -0.39 is 12.0 Å². The van der Waals surface area contributed by atoms with Crippen molar-refractivity contribution in [3.05, 3.63) is 39.3 Å². The fraction of sp³-hybridized carbons (Fsp3) is 0.0833. The molecule has 0 spiro atoms. The van der Waals surface area contributed by atoms with Crippen LogP contribution < -0.4 is 10.6 Å². The van der Waals surface area contributed by atoms with E-state index in [1.807, 2.05) is 12.3 Å². The summed E-state index contributed by atoms with van der Waals surface area (Å²) in [6, 6.07) is 3.91. The third-order valence-electron chi connectivity index (χ3n) is 2.30. The number of aromatic nitrogens is 1. The Morgan fingerprint density at radius 3 is 2.65 bits per heavy atom. The van der Waals surface area contributed by atoms with Gasteiger partial charge in [-0.1, -0.05) is 0 Å². The summed E-state index contributed by atoms with van der Waals surface area (Å²) >= 11 is 4.54. The second kappa shape index (κ2) is 6.02. The second-order valence-corrected chi connectivity index (χ2v) is 5.59. The van der Waals surface area contributed by atoms with Gasteiger partial charge in [-0.15, -0.1) is 11.3 Å². The third kappa shape index (κ3) is 3.55. The van der Waals surface area contributed by atoms with Crippen LogP contribution in [0.25, 0.3) is 0 Å². The number of carbonyl (C=O) groups excluding carboxylic acids is 1. The smallest absolute Gasteiger partial charge is 0.335 e. The van der Waals surface area contributed by atoms with E-state index in [2.05, 4.69) is 31.5 Å². The first-order chi connectivity index (χ1) is 9.45. The Kier molecular flexibility index (Phi) is 4.35. The van der Waals surface area contributed by atoms with Crippen LogP contribution in [0.2, 0.25) is 0 Å². The van der Waals surface area contributed by atoms with E-state index in [4.69, 9.17) is 5.11 Å². The number of amides is 2. The number of nitrogens with one attached hydrogen (secondary N) is 2. The van der Waals surface area contributed by atoms with Crippen LogP contribution in [0.5, 0.6) is 0 Å². The summed E-state index contributed by atoms with van der Waals surface area (Å²) in [6.45, 7) is 1.83. The van der Waals surface area contributed by atoms with Crippen LogP contribution in [-0.2, 0) is 0 Å². The minimum atomic E-state index is -1.03. The van der Waals surface area contributed by atoms with Gasteiger partial charge in [-0.3, -0.25) is 5.32 Å². The Balaban J connectivity index is 2.06. The number of nitrogens with zero attached hydrogens (tertiary/aromatic N) is 1. The molecule has 0 aliphatic carbocycles. The predicted octanol–water partition coefficient (Wildman–Crippen LogP) is 3.56. The number of hydrogen-bond acceptors (Lipinski definition) is 4. The maximum Gasteiger partial charge on any atom is 0.335 e. The van der Waals surface area contributed by atoms with Crippen molar-refractivity contribution in [1.82, 2.24) is 4.98 Å². The Morgan fingerprint density at radius 1 is 1.35 bits per heavy atom. The van der Waals surface area contributed by atoms with Crippen LogP contribution in [0.15, 0.2) is 28.1 Å². The van der Waals surface area contributed by atoms with Crippen LogP contribution in [0.3, 0.4) is 0 Å². The fourth-order valence-corrected chi connectivity index (χ4v) is 2.57. The number of halogens is 1. The summed E-state index contributed by atoms with van der Waals surface area (Å²) in [4.78, 5) is 26.7. The van der Waals surface area contributed by atoms with Crippen LogP contribution in [-0.4, -0.2) is 22.1 Å². The molecule has 0 saturated heterocycles. The van der Waals surface area contributed by atoms with Gasteiger partial charge >= 0.3 is 12.0 Å². The first-order valence-corrected chi connectivity index (χ1v) is 7.16. The Labute approximate surface area is 127 Å². The topological polar surface area (TPSA) is 91.3 Å². The van der Waals surface area contributed by atoms with Gasteiger partial charge in [-0.25, -0.2) is 14.6 Å².